The number of aryl methyl sites for hydroxylation is 4. The molecule has 0 N–H and O–H groups in total. The summed E-state index contributed by atoms with van der Waals surface area (Å²) in [5.74, 6) is 3.39. The molecule has 3 aliphatic heterocycles. The SMILES string of the molecule is CCc1nc2c(nc1CC)-c1nc-2nc2[n-]c(nc3nc(nc4[n-]c(n1)c1nc(CC)c(CC)nc41)C(C)(C)C3(C)C)C(C)(C)C2(C)C.[Ni+2]. The van der Waals surface area contributed by atoms with Crippen LogP contribution in [-0.4, -0.2) is 49.8 Å². The molecule has 0 aliphatic carbocycles. The Morgan fingerprint density at radius 1 is 0.408 bits per heavy atom. The van der Waals surface area contributed by atoms with Crippen molar-refractivity contribution in [1.29, 1.82) is 0 Å². The second-order valence-corrected chi connectivity index (χ2v) is 15.0. The second-order valence-electron chi connectivity index (χ2n) is 15.0. The van der Waals surface area contributed by atoms with Crippen molar-refractivity contribution in [3.05, 3.63) is 46.1 Å². The van der Waals surface area contributed by atoms with E-state index in [9.17, 15) is 0 Å². The van der Waals surface area contributed by atoms with Crippen molar-refractivity contribution in [3.8, 4) is 23.0 Å². The van der Waals surface area contributed by atoms with Crippen molar-refractivity contribution in [3.63, 3.8) is 0 Å². The fraction of sp³-hybridized carbons (Fsp3) is 0.556. The van der Waals surface area contributed by atoms with E-state index in [4.69, 9.17) is 59.8 Å². The smallest absolute Gasteiger partial charge is 0.366 e. The molecule has 0 aromatic carbocycles. The van der Waals surface area contributed by atoms with E-state index in [2.05, 4.69) is 83.1 Å². The zero-order valence-electron chi connectivity index (χ0n) is 30.5. The topological polar surface area (TPSA) is 157 Å². The Morgan fingerprint density at radius 2 is 0.816 bits per heavy atom. The molecular weight excluding hydrogens is 659 g/mol. The molecule has 0 saturated heterocycles. The van der Waals surface area contributed by atoms with Gasteiger partial charge in [0.1, 0.15) is 34.1 Å². The molecular formula is C36H44N12Ni. The van der Waals surface area contributed by atoms with Crippen LogP contribution in [0.25, 0.3) is 45.4 Å². The molecule has 49 heavy (non-hydrogen) atoms. The molecule has 0 fully saturated rings. The van der Waals surface area contributed by atoms with Crippen molar-refractivity contribution in [2.24, 2.45) is 0 Å². The minimum atomic E-state index is -0.483. The van der Waals surface area contributed by atoms with Gasteiger partial charge in [-0.15, -0.1) is 0 Å². The van der Waals surface area contributed by atoms with E-state index < -0.39 is 21.7 Å². The van der Waals surface area contributed by atoms with E-state index in [1.165, 1.54) is 0 Å². The van der Waals surface area contributed by atoms with Crippen LogP contribution in [-0.2, 0) is 63.8 Å². The first-order valence-corrected chi connectivity index (χ1v) is 17.1. The summed E-state index contributed by atoms with van der Waals surface area (Å²) in [6.07, 6.45) is 2.94. The van der Waals surface area contributed by atoms with Crippen molar-refractivity contribution in [2.75, 3.05) is 0 Å². The van der Waals surface area contributed by atoms with Gasteiger partial charge in [-0.05, 0) is 37.3 Å². The molecule has 4 aromatic rings. The average molecular weight is 704 g/mol. The second kappa shape index (κ2) is 11.5. The maximum atomic E-state index is 5.21. The summed E-state index contributed by atoms with van der Waals surface area (Å²) in [6, 6.07) is 0. The van der Waals surface area contributed by atoms with Crippen LogP contribution in [0.2, 0.25) is 0 Å². The molecule has 7 heterocycles. The molecule has 0 amide bonds. The molecule has 0 saturated carbocycles. The summed E-state index contributed by atoms with van der Waals surface area (Å²) in [6.45, 7) is 25.6. The van der Waals surface area contributed by atoms with Crippen LogP contribution in [0.15, 0.2) is 0 Å². The van der Waals surface area contributed by atoms with Crippen LogP contribution in [0, 0.1) is 0 Å². The van der Waals surface area contributed by atoms with Crippen LogP contribution in [0.3, 0.4) is 0 Å². The van der Waals surface area contributed by atoms with E-state index in [1.54, 1.807) is 0 Å². The van der Waals surface area contributed by atoms with Gasteiger partial charge in [-0.1, -0.05) is 83.1 Å². The Kier molecular flexibility index (Phi) is 8.21. The monoisotopic (exact) mass is 702 g/mol. The summed E-state index contributed by atoms with van der Waals surface area (Å²) < 4.78 is 0. The fourth-order valence-electron chi connectivity index (χ4n) is 6.43. The molecule has 0 spiro atoms. The fourth-order valence-corrected chi connectivity index (χ4v) is 6.43. The van der Waals surface area contributed by atoms with Crippen LogP contribution < -0.4 is 9.97 Å². The van der Waals surface area contributed by atoms with Crippen molar-refractivity contribution < 1.29 is 16.5 Å². The molecule has 4 aromatic heterocycles. The van der Waals surface area contributed by atoms with E-state index in [1.807, 2.05) is 0 Å². The maximum absolute atomic E-state index is 5.21. The molecule has 0 unspecified atom stereocenters. The van der Waals surface area contributed by atoms with Gasteiger partial charge < -0.3 is 29.9 Å². The molecule has 3 aliphatic rings. The minimum Gasteiger partial charge on any atom is -0.366 e. The first-order chi connectivity index (χ1) is 22.6. The summed E-state index contributed by atoms with van der Waals surface area (Å²) in [7, 11) is 0. The summed E-state index contributed by atoms with van der Waals surface area (Å²) in [5.41, 5.74) is 4.89. The van der Waals surface area contributed by atoms with Gasteiger partial charge in [0.2, 0.25) is 0 Å². The van der Waals surface area contributed by atoms with Crippen LogP contribution in [0.5, 0.6) is 0 Å². The number of rotatable bonds is 4. The molecule has 8 bridgehead atoms. The first-order valence-electron chi connectivity index (χ1n) is 17.1. The molecule has 12 nitrogen and oxygen atoms in total. The quantitative estimate of drug-likeness (QED) is 0.211. The van der Waals surface area contributed by atoms with Gasteiger partial charge in [-0.25, -0.2) is 24.9 Å². The van der Waals surface area contributed by atoms with E-state index in [-0.39, 0.29) is 16.5 Å². The summed E-state index contributed by atoms with van der Waals surface area (Å²) >= 11 is 0. The van der Waals surface area contributed by atoms with E-state index >= 15 is 0 Å². The first kappa shape index (κ1) is 34.9. The van der Waals surface area contributed by atoms with Gasteiger partial charge in [0.25, 0.3) is 0 Å². The minimum absolute atomic E-state index is 0. The summed E-state index contributed by atoms with van der Waals surface area (Å²) in [5, 5.41) is 0. The third-order valence-electron chi connectivity index (χ3n) is 11.3. The molecule has 13 heteroatoms. The largest absolute Gasteiger partial charge is 2.00 e. The zero-order valence-corrected chi connectivity index (χ0v) is 31.5. The number of hydrogen-bond acceptors (Lipinski definition) is 10. The third kappa shape index (κ3) is 4.89. The molecule has 0 radical (unpaired) electrons. The van der Waals surface area contributed by atoms with Crippen LogP contribution in [0.4, 0.5) is 0 Å². The Morgan fingerprint density at radius 3 is 1.31 bits per heavy atom. The Bertz CT molecular complexity index is 2210. The zero-order chi connectivity index (χ0) is 34.6. The molecule has 258 valence electrons. The Balaban J connectivity index is 0.00000417. The van der Waals surface area contributed by atoms with Crippen molar-refractivity contribution in [2.45, 2.75) is 130 Å². The van der Waals surface area contributed by atoms with Crippen LogP contribution >= 0.6 is 0 Å². The van der Waals surface area contributed by atoms with Gasteiger partial charge in [-0.3, -0.25) is 4.98 Å². The van der Waals surface area contributed by atoms with Gasteiger partial charge in [-0.2, -0.15) is 0 Å². The van der Waals surface area contributed by atoms with E-state index in [0.29, 0.717) is 68.7 Å². The van der Waals surface area contributed by atoms with Gasteiger partial charge in [0, 0.05) is 33.0 Å². The standard InChI is InChI=1S/C36H44N12.Ni/c1-13-17-19(15-3)39-23-21(37-17)25-41-26-22-24(40-20(16-4)18(14-2)38-22)28(43-26)45-30-34(7,8)36(11,12)32(47-30)48-31-35(9,10)33(5,6)29(46-31)44-27(23)42-25;/h13-16H2,1-12H3;/q-2;+2. The maximum Gasteiger partial charge on any atom is 2.00 e. The average Bonchev–Trinajstić information content (AvgIpc) is 3.65. The van der Waals surface area contributed by atoms with Gasteiger partial charge >= 0.3 is 16.5 Å². The molecule has 7 rings (SSSR count). The number of nitrogens with zero attached hydrogens (tertiary/aromatic N) is 12. The van der Waals surface area contributed by atoms with Crippen molar-refractivity contribution in [1.82, 2.24) is 59.8 Å². The normalized spacial score (nSPS) is 17.4. The van der Waals surface area contributed by atoms with Gasteiger partial charge in [0.05, 0.1) is 34.4 Å². The van der Waals surface area contributed by atoms with Crippen LogP contribution in [0.1, 0.15) is 129 Å². The number of aromatic nitrogens is 12. The predicted molar refractivity (Wildman–Crippen MR) is 184 cm³/mol. The number of fused-ring (bicyclic) bond motifs is 14. The van der Waals surface area contributed by atoms with E-state index in [0.717, 1.165) is 48.5 Å². The predicted octanol–water partition coefficient (Wildman–Crippen LogP) is 5.70. The molecule has 0 atom stereocenters. The Labute approximate surface area is 297 Å². The summed E-state index contributed by atoms with van der Waals surface area (Å²) in [4.78, 5) is 60.9. The third-order valence-corrected chi connectivity index (χ3v) is 11.3. The number of hydrogen-bond donors (Lipinski definition) is 0. The van der Waals surface area contributed by atoms with Crippen molar-refractivity contribution >= 4 is 22.3 Å². The van der Waals surface area contributed by atoms with Gasteiger partial charge in [0.15, 0.2) is 0 Å². The Hall–Kier alpha value is -3.99.